The maximum Gasteiger partial charge on any atom is 0.411 e. The molecule has 2 unspecified atom stereocenters. The average Bonchev–Trinajstić information content (AvgIpc) is 2.24. The maximum absolute atomic E-state index is 11.8. The van der Waals surface area contributed by atoms with E-state index >= 15 is 0 Å². The molecule has 2 nitrogen and oxygen atoms in total. The number of nitrogens with one attached hydrogen (secondary N) is 1. The van der Waals surface area contributed by atoms with E-state index in [1.165, 1.54) is 0 Å². The molecule has 0 rings (SSSR count). The SMILES string of the molecule is CCCNC(C)CC(C)CCCOCC(F)(F)F. The Hall–Kier alpha value is -0.290. The van der Waals surface area contributed by atoms with Gasteiger partial charge in [-0.2, -0.15) is 13.2 Å². The van der Waals surface area contributed by atoms with E-state index in [1.54, 1.807) is 0 Å². The second-order valence-electron chi connectivity index (χ2n) is 5.01. The van der Waals surface area contributed by atoms with Gasteiger partial charge in [-0.1, -0.05) is 13.8 Å². The summed E-state index contributed by atoms with van der Waals surface area (Å²) in [5.74, 6) is 0.513. The van der Waals surface area contributed by atoms with Gasteiger partial charge >= 0.3 is 6.18 Å². The highest BCUT2D eigenvalue weighted by molar-refractivity contribution is 4.65. The van der Waals surface area contributed by atoms with Gasteiger partial charge in [-0.05, 0) is 45.1 Å². The first kappa shape index (κ1) is 17.7. The van der Waals surface area contributed by atoms with Gasteiger partial charge in [0.25, 0.3) is 0 Å². The van der Waals surface area contributed by atoms with E-state index in [2.05, 4.69) is 30.8 Å². The van der Waals surface area contributed by atoms with Crippen LogP contribution in [0.15, 0.2) is 0 Å². The van der Waals surface area contributed by atoms with Crippen molar-refractivity contribution >= 4 is 0 Å². The van der Waals surface area contributed by atoms with Crippen LogP contribution in [0.4, 0.5) is 13.2 Å². The van der Waals surface area contributed by atoms with E-state index in [0.29, 0.717) is 18.4 Å². The second-order valence-corrected chi connectivity index (χ2v) is 5.01. The Morgan fingerprint density at radius 2 is 1.89 bits per heavy atom. The zero-order valence-corrected chi connectivity index (χ0v) is 11.6. The van der Waals surface area contributed by atoms with Crippen LogP contribution >= 0.6 is 0 Å². The van der Waals surface area contributed by atoms with Crippen molar-refractivity contribution in [3.8, 4) is 0 Å². The molecular formula is C13H26F3NO. The fraction of sp³-hybridized carbons (Fsp3) is 1.00. The largest absolute Gasteiger partial charge is 0.411 e. The summed E-state index contributed by atoms with van der Waals surface area (Å²) in [7, 11) is 0. The summed E-state index contributed by atoms with van der Waals surface area (Å²) in [4.78, 5) is 0. The van der Waals surface area contributed by atoms with Gasteiger partial charge in [0.05, 0.1) is 0 Å². The molecule has 1 N–H and O–H groups in total. The molecule has 18 heavy (non-hydrogen) atoms. The highest BCUT2D eigenvalue weighted by atomic mass is 19.4. The number of alkyl halides is 3. The van der Waals surface area contributed by atoms with Crippen molar-refractivity contribution in [3.63, 3.8) is 0 Å². The third-order valence-electron chi connectivity index (χ3n) is 2.75. The molecule has 5 heteroatoms. The van der Waals surface area contributed by atoms with E-state index in [9.17, 15) is 13.2 Å². The van der Waals surface area contributed by atoms with Gasteiger partial charge < -0.3 is 10.1 Å². The van der Waals surface area contributed by atoms with Crippen LogP contribution in [0.1, 0.15) is 46.5 Å². The van der Waals surface area contributed by atoms with Crippen LogP contribution in [0.5, 0.6) is 0 Å². The Morgan fingerprint density at radius 3 is 2.44 bits per heavy atom. The lowest BCUT2D eigenvalue weighted by molar-refractivity contribution is -0.174. The van der Waals surface area contributed by atoms with Gasteiger partial charge in [-0.3, -0.25) is 0 Å². The Morgan fingerprint density at radius 1 is 1.22 bits per heavy atom. The molecule has 0 heterocycles. The molecule has 0 amide bonds. The molecule has 0 radical (unpaired) electrons. The molecule has 0 spiro atoms. The van der Waals surface area contributed by atoms with Crippen molar-refractivity contribution in [2.75, 3.05) is 19.8 Å². The van der Waals surface area contributed by atoms with Crippen LogP contribution in [0.3, 0.4) is 0 Å². The number of hydrogen-bond acceptors (Lipinski definition) is 2. The number of rotatable bonds is 10. The lowest BCUT2D eigenvalue weighted by Crippen LogP contribution is -2.28. The number of halogens is 3. The Bertz CT molecular complexity index is 197. The van der Waals surface area contributed by atoms with Crippen molar-refractivity contribution < 1.29 is 17.9 Å². The van der Waals surface area contributed by atoms with Crippen LogP contribution in [0, 0.1) is 5.92 Å². The summed E-state index contributed by atoms with van der Waals surface area (Å²) in [5, 5.41) is 3.40. The molecule has 0 aromatic carbocycles. The van der Waals surface area contributed by atoms with Crippen molar-refractivity contribution in [1.29, 1.82) is 0 Å². The summed E-state index contributed by atoms with van der Waals surface area (Å²) >= 11 is 0. The van der Waals surface area contributed by atoms with E-state index in [4.69, 9.17) is 0 Å². The summed E-state index contributed by atoms with van der Waals surface area (Å²) < 4.78 is 40.0. The monoisotopic (exact) mass is 269 g/mol. The van der Waals surface area contributed by atoms with Crippen LogP contribution in [0.25, 0.3) is 0 Å². The molecule has 0 aromatic rings. The fourth-order valence-electron chi connectivity index (χ4n) is 1.92. The van der Waals surface area contributed by atoms with Gasteiger partial charge in [0, 0.05) is 12.6 Å². The minimum atomic E-state index is -4.20. The average molecular weight is 269 g/mol. The van der Waals surface area contributed by atoms with Gasteiger partial charge in [0.2, 0.25) is 0 Å². The van der Waals surface area contributed by atoms with Crippen molar-refractivity contribution in [1.82, 2.24) is 5.32 Å². The molecule has 0 aliphatic rings. The molecule has 0 saturated carbocycles. The lowest BCUT2D eigenvalue weighted by atomic mass is 9.98. The first-order valence-corrected chi connectivity index (χ1v) is 6.73. The highest BCUT2D eigenvalue weighted by Crippen LogP contribution is 2.16. The molecule has 2 atom stereocenters. The number of hydrogen-bond donors (Lipinski definition) is 1. The lowest BCUT2D eigenvalue weighted by Gasteiger charge is -2.18. The predicted molar refractivity (Wildman–Crippen MR) is 67.6 cm³/mol. The van der Waals surface area contributed by atoms with Gasteiger partial charge in [0.15, 0.2) is 0 Å². The van der Waals surface area contributed by atoms with E-state index in [0.717, 1.165) is 25.8 Å². The quantitative estimate of drug-likeness (QED) is 0.610. The maximum atomic E-state index is 11.8. The minimum Gasteiger partial charge on any atom is -0.372 e. The predicted octanol–water partition coefficient (Wildman–Crippen LogP) is 3.76. The topological polar surface area (TPSA) is 21.3 Å². The molecule has 0 bridgehead atoms. The third kappa shape index (κ3) is 12.2. The zero-order chi connectivity index (χ0) is 14.0. The van der Waals surface area contributed by atoms with Crippen molar-refractivity contribution in [3.05, 3.63) is 0 Å². The molecule has 0 aliphatic heterocycles. The van der Waals surface area contributed by atoms with Crippen LogP contribution in [-0.2, 0) is 4.74 Å². The normalized spacial score (nSPS) is 15.7. The highest BCUT2D eigenvalue weighted by Gasteiger charge is 2.27. The molecule has 0 aromatic heterocycles. The van der Waals surface area contributed by atoms with Crippen molar-refractivity contribution in [2.45, 2.75) is 58.7 Å². The van der Waals surface area contributed by atoms with E-state index < -0.39 is 12.8 Å². The Labute approximate surface area is 108 Å². The second kappa shape index (κ2) is 9.62. The first-order valence-electron chi connectivity index (χ1n) is 6.73. The molecular weight excluding hydrogens is 243 g/mol. The molecule has 110 valence electrons. The van der Waals surface area contributed by atoms with Gasteiger partial charge in [-0.25, -0.2) is 0 Å². The summed E-state index contributed by atoms with van der Waals surface area (Å²) in [6, 6.07) is 0.469. The van der Waals surface area contributed by atoms with Crippen LogP contribution in [0.2, 0.25) is 0 Å². The molecule has 0 aliphatic carbocycles. The van der Waals surface area contributed by atoms with Gasteiger partial charge in [0.1, 0.15) is 6.61 Å². The third-order valence-corrected chi connectivity index (χ3v) is 2.75. The first-order chi connectivity index (χ1) is 8.35. The molecule has 0 saturated heterocycles. The summed E-state index contributed by atoms with van der Waals surface area (Å²) in [6.07, 6.45) is -0.429. The van der Waals surface area contributed by atoms with Crippen molar-refractivity contribution in [2.24, 2.45) is 5.92 Å². The van der Waals surface area contributed by atoms with Crippen LogP contribution in [-0.4, -0.2) is 32.0 Å². The van der Waals surface area contributed by atoms with Crippen LogP contribution < -0.4 is 5.32 Å². The Balaban J connectivity index is 3.44. The summed E-state index contributed by atoms with van der Waals surface area (Å²) in [6.45, 7) is 6.49. The van der Waals surface area contributed by atoms with E-state index in [1.807, 2.05) is 0 Å². The summed E-state index contributed by atoms with van der Waals surface area (Å²) in [5.41, 5.74) is 0. The van der Waals surface area contributed by atoms with Gasteiger partial charge in [-0.15, -0.1) is 0 Å². The fourth-order valence-corrected chi connectivity index (χ4v) is 1.92. The zero-order valence-electron chi connectivity index (χ0n) is 11.6. The number of ether oxygens (including phenoxy) is 1. The Kier molecular flexibility index (Phi) is 9.46. The van der Waals surface area contributed by atoms with E-state index in [-0.39, 0.29) is 6.61 Å². The molecule has 0 fully saturated rings. The standard InChI is InChI=1S/C13H26F3NO/c1-4-7-17-12(3)9-11(2)6-5-8-18-10-13(14,15)16/h11-12,17H,4-10H2,1-3H3. The minimum absolute atomic E-state index is 0.195. The smallest absolute Gasteiger partial charge is 0.372 e.